The largest absolute Gasteiger partial charge is 0.381 e. The molecule has 0 radical (unpaired) electrons. The predicted molar refractivity (Wildman–Crippen MR) is 83.4 cm³/mol. The van der Waals surface area contributed by atoms with Crippen LogP contribution in [0.25, 0.3) is 0 Å². The molecule has 0 unspecified atom stereocenters. The molecule has 1 aliphatic rings. The molecule has 2 heterocycles. The first-order chi connectivity index (χ1) is 10.1. The van der Waals surface area contributed by atoms with E-state index < -0.39 is 0 Å². The second-order valence-corrected chi connectivity index (χ2v) is 5.67. The Balaban J connectivity index is 2.23. The third kappa shape index (κ3) is 4.14. The van der Waals surface area contributed by atoms with E-state index in [0.717, 1.165) is 45.1 Å². The first-order valence-corrected chi connectivity index (χ1v) is 7.62. The number of hydrogen-bond donors (Lipinski definition) is 3. The van der Waals surface area contributed by atoms with E-state index in [0.29, 0.717) is 23.1 Å². The van der Waals surface area contributed by atoms with E-state index in [4.69, 9.17) is 10.1 Å². The highest BCUT2D eigenvalue weighted by Gasteiger charge is 2.17. The monoisotopic (exact) mass is 292 g/mol. The van der Waals surface area contributed by atoms with Crippen LogP contribution in [-0.2, 0) is 11.2 Å². The van der Waals surface area contributed by atoms with E-state index in [1.165, 1.54) is 0 Å². The predicted octanol–water partition coefficient (Wildman–Crippen LogP) is 1.95. The van der Waals surface area contributed by atoms with Crippen LogP contribution < -0.4 is 10.9 Å². The zero-order valence-corrected chi connectivity index (χ0v) is 12.7. The molecule has 1 aromatic heterocycles. The summed E-state index contributed by atoms with van der Waals surface area (Å²) < 4.78 is 5.34. The van der Waals surface area contributed by atoms with Gasteiger partial charge in [0.1, 0.15) is 11.6 Å². The summed E-state index contributed by atoms with van der Waals surface area (Å²) in [5, 5.41) is 10.8. The fourth-order valence-electron chi connectivity index (χ4n) is 2.38. The first-order valence-electron chi connectivity index (χ1n) is 7.62. The molecule has 116 valence electrons. The standard InChI is InChI=1S/C15H24N4O2/c1-3-10(2)8-13-18-14(12(9-16)15(20)19-13)17-11-4-6-21-7-5-11/h9-11,16H,3-8H2,1-2H3,(H2,17,18,19,20)/t10-/m0/s1. The second kappa shape index (κ2) is 7.36. The van der Waals surface area contributed by atoms with Crippen molar-refractivity contribution >= 4 is 12.0 Å². The van der Waals surface area contributed by atoms with Gasteiger partial charge in [-0.3, -0.25) is 4.79 Å². The minimum Gasteiger partial charge on any atom is -0.381 e. The zero-order chi connectivity index (χ0) is 15.2. The molecular weight excluding hydrogens is 268 g/mol. The number of hydrogen-bond acceptors (Lipinski definition) is 5. The number of H-pyrrole nitrogens is 1. The number of nitrogens with one attached hydrogen (secondary N) is 3. The Labute approximate surface area is 124 Å². The maximum Gasteiger partial charge on any atom is 0.261 e. The molecule has 2 rings (SSSR count). The van der Waals surface area contributed by atoms with Gasteiger partial charge < -0.3 is 20.4 Å². The molecule has 0 saturated carbocycles. The summed E-state index contributed by atoms with van der Waals surface area (Å²) in [5.74, 6) is 1.68. The molecule has 1 atom stereocenters. The smallest absolute Gasteiger partial charge is 0.261 e. The van der Waals surface area contributed by atoms with Gasteiger partial charge in [-0.25, -0.2) is 4.98 Å². The lowest BCUT2D eigenvalue weighted by Crippen LogP contribution is -2.31. The minimum atomic E-state index is -0.243. The normalized spacial score (nSPS) is 17.4. The number of aromatic nitrogens is 2. The molecule has 6 nitrogen and oxygen atoms in total. The van der Waals surface area contributed by atoms with Gasteiger partial charge in [0.25, 0.3) is 5.56 Å². The highest BCUT2D eigenvalue weighted by Crippen LogP contribution is 2.16. The average molecular weight is 292 g/mol. The summed E-state index contributed by atoms with van der Waals surface area (Å²) in [4.78, 5) is 19.4. The summed E-state index contributed by atoms with van der Waals surface area (Å²) in [6.45, 7) is 5.70. The van der Waals surface area contributed by atoms with Crippen LogP contribution in [0, 0.1) is 11.3 Å². The Morgan fingerprint density at radius 1 is 1.52 bits per heavy atom. The lowest BCUT2D eigenvalue weighted by Gasteiger charge is -2.24. The number of nitrogens with zero attached hydrogens (tertiary/aromatic N) is 1. The SMILES string of the molecule is CC[C@H](C)Cc1nc(NC2CCOCC2)c(C=N)c(=O)[nH]1. The fraction of sp³-hybridized carbons (Fsp3) is 0.667. The van der Waals surface area contributed by atoms with E-state index in [-0.39, 0.29) is 11.6 Å². The van der Waals surface area contributed by atoms with Crippen molar-refractivity contribution in [1.29, 1.82) is 5.41 Å². The Hall–Kier alpha value is -1.69. The van der Waals surface area contributed by atoms with Crippen molar-refractivity contribution in [2.75, 3.05) is 18.5 Å². The van der Waals surface area contributed by atoms with Crippen LogP contribution in [0.4, 0.5) is 5.82 Å². The maximum absolute atomic E-state index is 12.1. The molecule has 0 aliphatic carbocycles. The van der Waals surface area contributed by atoms with Gasteiger partial charge in [-0.1, -0.05) is 20.3 Å². The summed E-state index contributed by atoms with van der Waals surface area (Å²) >= 11 is 0. The maximum atomic E-state index is 12.1. The van der Waals surface area contributed by atoms with Gasteiger partial charge in [0.2, 0.25) is 0 Å². The van der Waals surface area contributed by atoms with Crippen LogP contribution in [0.1, 0.15) is 44.5 Å². The Kier molecular flexibility index (Phi) is 5.50. The molecule has 6 heteroatoms. The van der Waals surface area contributed by atoms with Crippen molar-refractivity contribution in [2.24, 2.45) is 5.92 Å². The minimum absolute atomic E-state index is 0.243. The molecule has 3 N–H and O–H groups in total. The van der Waals surface area contributed by atoms with Gasteiger partial charge in [0.15, 0.2) is 0 Å². The van der Waals surface area contributed by atoms with Crippen molar-refractivity contribution in [3.63, 3.8) is 0 Å². The molecular formula is C15H24N4O2. The third-order valence-corrected chi connectivity index (χ3v) is 3.95. The van der Waals surface area contributed by atoms with Crippen molar-refractivity contribution in [2.45, 2.75) is 45.6 Å². The van der Waals surface area contributed by atoms with Gasteiger partial charge >= 0.3 is 0 Å². The number of rotatable bonds is 6. The molecule has 0 amide bonds. The summed E-state index contributed by atoms with van der Waals surface area (Å²) in [6.07, 6.45) is 4.64. The Morgan fingerprint density at radius 3 is 2.86 bits per heavy atom. The molecule has 1 fully saturated rings. The second-order valence-electron chi connectivity index (χ2n) is 5.67. The van der Waals surface area contributed by atoms with Gasteiger partial charge in [0, 0.05) is 31.9 Å². The van der Waals surface area contributed by atoms with E-state index >= 15 is 0 Å². The van der Waals surface area contributed by atoms with Crippen molar-refractivity contribution < 1.29 is 4.74 Å². The van der Waals surface area contributed by atoms with E-state index in [2.05, 4.69) is 29.1 Å². The number of anilines is 1. The summed E-state index contributed by atoms with van der Waals surface area (Å²) in [6, 6.07) is 0.253. The average Bonchev–Trinajstić information content (AvgIpc) is 2.48. The van der Waals surface area contributed by atoms with Gasteiger partial charge in [-0.05, 0) is 18.8 Å². The van der Waals surface area contributed by atoms with Crippen LogP contribution in [0.5, 0.6) is 0 Å². The van der Waals surface area contributed by atoms with Gasteiger partial charge in [-0.15, -0.1) is 0 Å². The molecule has 1 saturated heterocycles. The van der Waals surface area contributed by atoms with E-state index in [9.17, 15) is 4.79 Å². The highest BCUT2D eigenvalue weighted by molar-refractivity contribution is 5.83. The zero-order valence-electron chi connectivity index (χ0n) is 12.7. The van der Waals surface area contributed by atoms with Crippen LogP contribution in [0.15, 0.2) is 4.79 Å². The van der Waals surface area contributed by atoms with Crippen LogP contribution >= 0.6 is 0 Å². The van der Waals surface area contributed by atoms with Gasteiger partial charge in [0.05, 0.1) is 5.56 Å². The quantitative estimate of drug-likeness (QED) is 0.699. The van der Waals surface area contributed by atoms with Crippen LogP contribution in [0.3, 0.4) is 0 Å². The lowest BCUT2D eigenvalue weighted by molar-refractivity contribution is 0.0904. The first kappa shape index (κ1) is 15.7. The summed E-state index contributed by atoms with van der Waals surface area (Å²) in [7, 11) is 0. The van der Waals surface area contributed by atoms with Crippen LogP contribution in [-0.4, -0.2) is 35.4 Å². The number of ether oxygens (including phenoxy) is 1. The fourth-order valence-corrected chi connectivity index (χ4v) is 2.38. The molecule has 21 heavy (non-hydrogen) atoms. The highest BCUT2D eigenvalue weighted by atomic mass is 16.5. The molecule has 0 aromatic carbocycles. The molecule has 1 aromatic rings. The molecule has 1 aliphatic heterocycles. The topological polar surface area (TPSA) is 90.9 Å². The van der Waals surface area contributed by atoms with E-state index in [1.54, 1.807) is 0 Å². The number of aromatic amines is 1. The van der Waals surface area contributed by atoms with Crippen LogP contribution in [0.2, 0.25) is 0 Å². The van der Waals surface area contributed by atoms with E-state index in [1.807, 2.05) is 0 Å². The van der Waals surface area contributed by atoms with Crippen molar-refractivity contribution in [1.82, 2.24) is 9.97 Å². The Morgan fingerprint density at radius 2 is 2.24 bits per heavy atom. The Bertz CT molecular complexity index is 535. The van der Waals surface area contributed by atoms with Crippen molar-refractivity contribution in [3.8, 4) is 0 Å². The lowest BCUT2D eigenvalue weighted by atomic mass is 10.0. The van der Waals surface area contributed by atoms with Gasteiger partial charge in [-0.2, -0.15) is 0 Å². The third-order valence-electron chi connectivity index (χ3n) is 3.95. The molecule has 0 spiro atoms. The molecule has 0 bridgehead atoms. The summed E-state index contributed by atoms with van der Waals surface area (Å²) in [5.41, 5.74) is 0.0576. The van der Waals surface area contributed by atoms with Crippen molar-refractivity contribution in [3.05, 3.63) is 21.7 Å².